The van der Waals surface area contributed by atoms with Gasteiger partial charge in [-0.1, -0.05) is 0 Å². The molecule has 4 rings (SSSR count). The van der Waals surface area contributed by atoms with Gasteiger partial charge in [0.25, 0.3) is 0 Å². The highest BCUT2D eigenvalue weighted by molar-refractivity contribution is 5.84. The summed E-state index contributed by atoms with van der Waals surface area (Å²) in [5.41, 5.74) is 0.357. The number of halogens is 2. The average molecular weight is 263 g/mol. The lowest BCUT2D eigenvalue weighted by molar-refractivity contribution is -0.123. The van der Waals surface area contributed by atoms with E-state index in [1.54, 1.807) is 0 Å². The first-order chi connectivity index (χ1) is 9.03. The van der Waals surface area contributed by atoms with E-state index in [2.05, 4.69) is 5.32 Å². The molecule has 1 spiro atoms. The molecule has 0 saturated heterocycles. The number of benzene rings is 1. The minimum atomic E-state index is -0.583. The van der Waals surface area contributed by atoms with Gasteiger partial charge in [0, 0.05) is 12.0 Å². The molecule has 0 unspecified atom stereocenters. The van der Waals surface area contributed by atoms with E-state index in [4.69, 9.17) is 0 Å². The van der Waals surface area contributed by atoms with Gasteiger partial charge in [-0.05, 0) is 55.2 Å². The summed E-state index contributed by atoms with van der Waals surface area (Å²) >= 11 is 0. The molecule has 3 aliphatic rings. The van der Waals surface area contributed by atoms with Gasteiger partial charge in [0.15, 0.2) is 0 Å². The molecule has 0 aromatic heterocycles. The van der Waals surface area contributed by atoms with E-state index < -0.39 is 17.2 Å². The molecule has 0 heterocycles. The zero-order valence-corrected chi connectivity index (χ0v) is 10.5. The topological polar surface area (TPSA) is 29.1 Å². The molecule has 1 atom stereocenters. The van der Waals surface area contributed by atoms with Crippen LogP contribution in [0, 0.1) is 23.0 Å². The van der Waals surface area contributed by atoms with E-state index in [1.165, 1.54) is 12.1 Å². The van der Waals surface area contributed by atoms with E-state index in [-0.39, 0.29) is 11.8 Å². The van der Waals surface area contributed by atoms with Crippen LogP contribution < -0.4 is 5.32 Å². The van der Waals surface area contributed by atoms with Crippen molar-refractivity contribution >= 4 is 5.91 Å². The third-order valence-electron chi connectivity index (χ3n) is 4.93. The first-order valence-corrected chi connectivity index (χ1v) is 6.82. The summed E-state index contributed by atoms with van der Waals surface area (Å²) in [5, 5.41) is 3.02. The number of carbonyl (C=O) groups excluding carboxylic acids is 1. The largest absolute Gasteiger partial charge is 0.346 e. The van der Waals surface area contributed by atoms with Crippen molar-refractivity contribution in [2.24, 2.45) is 11.3 Å². The molecular weight excluding hydrogens is 248 g/mol. The van der Waals surface area contributed by atoms with Gasteiger partial charge in [0.05, 0.1) is 5.54 Å². The number of hydrogen-bond acceptors (Lipinski definition) is 1. The molecule has 0 radical (unpaired) electrons. The summed E-state index contributed by atoms with van der Waals surface area (Å²) < 4.78 is 26.5. The molecular formula is C15H15F2NO. The zero-order chi connectivity index (χ0) is 13.3. The lowest BCUT2D eigenvalue weighted by atomic mass is 10.0. The Balaban J connectivity index is 1.54. The summed E-state index contributed by atoms with van der Waals surface area (Å²) in [7, 11) is 0. The third-order valence-corrected chi connectivity index (χ3v) is 4.93. The Hall–Kier alpha value is -1.45. The number of amides is 1. The standard InChI is InChI=1S/C15H15F2NO/c16-10-5-9(6-11(17)7-10)15(3-4-15)18-13(19)12-8-14(12)1-2-14/h5-7,12H,1-4,8H2,(H,18,19)/t12-/m0/s1. The van der Waals surface area contributed by atoms with Crippen molar-refractivity contribution in [3.63, 3.8) is 0 Å². The monoisotopic (exact) mass is 263 g/mol. The lowest BCUT2D eigenvalue weighted by Crippen LogP contribution is -2.36. The Morgan fingerprint density at radius 1 is 1.11 bits per heavy atom. The normalized spacial score (nSPS) is 28.0. The second kappa shape index (κ2) is 3.35. The van der Waals surface area contributed by atoms with Gasteiger partial charge in [0.1, 0.15) is 11.6 Å². The van der Waals surface area contributed by atoms with Crippen molar-refractivity contribution in [3.05, 3.63) is 35.4 Å². The van der Waals surface area contributed by atoms with E-state index in [1.807, 2.05) is 0 Å². The molecule has 1 aromatic carbocycles. The molecule has 1 aromatic rings. The molecule has 3 aliphatic carbocycles. The summed E-state index contributed by atoms with van der Waals surface area (Å²) in [6.45, 7) is 0. The molecule has 1 amide bonds. The molecule has 19 heavy (non-hydrogen) atoms. The Morgan fingerprint density at radius 2 is 1.74 bits per heavy atom. The molecule has 3 saturated carbocycles. The Morgan fingerprint density at radius 3 is 2.21 bits per heavy atom. The predicted octanol–water partition coefficient (Wildman–Crippen LogP) is 2.87. The van der Waals surface area contributed by atoms with Gasteiger partial charge < -0.3 is 5.32 Å². The lowest BCUT2D eigenvalue weighted by Gasteiger charge is -2.18. The maximum atomic E-state index is 13.3. The molecule has 100 valence electrons. The predicted molar refractivity (Wildman–Crippen MR) is 65.2 cm³/mol. The van der Waals surface area contributed by atoms with Gasteiger partial charge >= 0.3 is 0 Å². The molecule has 3 fully saturated rings. The third kappa shape index (κ3) is 1.77. The van der Waals surface area contributed by atoms with Crippen LogP contribution in [0.5, 0.6) is 0 Å². The van der Waals surface area contributed by atoms with Gasteiger partial charge in [0.2, 0.25) is 5.91 Å². The van der Waals surface area contributed by atoms with Crippen LogP contribution >= 0.6 is 0 Å². The number of rotatable bonds is 3. The fourth-order valence-corrected chi connectivity index (χ4v) is 3.20. The van der Waals surface area contributed by atoms with Crippen LogP contribution in [0.3, 0.4) is 0 Å². The summed E-state index contributed by atoms with van der Waals surface area (Å²) in [6, 6.07) is 3.52. The fraction of sp³-hybridized carbons (Fsp3) is 0.533. The average Bonchev–Trinajstić information content (AvgIpc) is 3.21. The molecule has 0 bridgehead atoms. The fourth-order valence-electron chi connectivity index (χ4n) is 3.20. The molecule has 2 nitrogen and oxygen atoms in total. The zero-order valence-electron chi connectivity index (χ0n) is 10.5. The van der Waals surface area contributed by atoms with E-state index in [9.17, 15) is 13.6 Å². The second-order valence-electron chi connectivity index (χ2n) is 6.35. The van der Waals surface area contributed by atoms with E-state index >= 15 is 0 Å². The molecule has 4 heteroatoms. The maximum Gasteiger partial charge on any atom is 0.224 e. The van der Waals surface area contributed by atoms with Crippen LogP contribution in [0.15, 0.2) is 18.2 Å². The van der Waals surface area contributed by atoms with Crippen molar-refractivity contribution in [2.45, 2.75) is 37.6 Å². The van der Waals surface area contributed by atoms with Gasteiger partial charge in [-0.2, -0.15) is 0 Å². The quantitative estimate of drug-likeness (QED) is 0.892. The van der Waals surface area contributed by atoms with Crippen LogP contribution in [0.25, 0.3) is 0 Å². The van der Waals surface area contributed by atoms with Crippen molar-refractivity contribution < 1.29 is 13.6 Å². The summed E-state index contributed by atoms with van der Waals surface area (Å²) in [6.07, 6.45) is 4.84. The van der Waals surface area contributed by atoms with Crippen molar-refractivity contribution in [1.29, 1.82) is 0 Å². The van der Waals surface area contributed by atoms with Gasteiger partial charge in [-0.3, -0.25) is 4.79 Å². The Labute approximate surface area is 110 Å². The van der Waals surface area contributed by atoms with E-state index in [0.29, 0.717) is 11.0 Å². The van der Waals surface area contributed by atoms with Gasteiger partial charge in [-0.15, -0.1) is 0 Å². The maximum absolute atomic E-state index is 13.3. The SMILES string of the molecule is O=C(NC1(c2cc(F)cc(F)c2)CC1)[C@@H]1CC12CC2. The van der Waals surface area contributed by atoms with Crippen molar-refractivity contribution in [1.82, 2.24) is 5.32 Å². The van der Waals surface area contributed by atoms with Crippen LogP contribution in [-0.4, -0.2) is 5.91 Å². The number of carbonyl (C=O) groups is 1. The first-order valence-electron chi connectivity index (χ1n) is 6.82. The Kier molecular flexibility index (Phi) is 2.01. The number of nitrogens with one attached hydrogen (secondary N) is 1. The van der Waals surface area contributed by atoms with Crippen molar-refractivity contribution in [3.8, 4) is 0 Å². The van der Waals surface area contributed by atoms with Crippen LogP contribution in [0.4, 0.5) is 8.78 Å². The summed E-state index contributed by atoms with van der Waals surface area (Å²) in [4.78, 5) is 12.2. The highest BCUT2D eigenvalue weighted by Gasteiger charge is 2.66. The van der Waals surface area contributed by atoms with Crippen LogP contribution in [-0.2, 0) is 10.3 Å². The first kappa shape index (κ1) is 11.4. The highest BCUT2D eigenvalue weighted by atomic mass is 19.1. The van der Waals surface area contributed by atoms with Crippen molar-refractivity contribution in [2.75, 3.05) is 0 Å². The highest BCUT2D eigenvalue weighted by Crippen LogP contribution is 2.70. The smallest absolute Gasteiger partial charge is 0.224 e. The van der Waals surface area contributed by atoms with Crippen LogP contribution in [0.1, 0.15) is 37.7 Å². The molecule has 0 aliphatic heterocycles. The summed E-state index contributed by atoms with van der Waals surface area (Å²) in [5.74, 6) is -0.954. The minimum Gasteiger partial charge on any atom is -0.346 e. The molecule has 1 N–H and O–H groups in total. The number of hydrogen-bond donors (Lipinski definition) is 1. The van der Waals surface area contributed by atoms with Crippen LogP contribution in [0.2, 0.25) is 0 Å². The minimum absolute atomic E-state index is 0.0691. The van der Waals surface area contributed by atoms with E-state index in [0.717, 1.165) is 38.2 Å². The Bertz CT molecular complexity index is 555. The van der Waals surface area contributed by atoms with Gasteiger partial charge in [-0.25, -0.2) is 8.78 Å². The second-order valence-corrected chi connectivity index (χ2v) is 6.35.